The maximum atomic E-state index is 12.3. The van der Waals surface area contributed by atoms with Crippen molar-refractivity contribution in [3.8, 4) is 5.75 Å². The van der Waals surface area contributed by atoms with Gasteiger partial charge in [0, 0.05) is 5.56 Å². The molecule has 0 saturated heterocycles. The number of hydrogen-bond acceptors (Lipinski definition) is 1. The monoisotopic (exact) mass is 308 g/mol. The van der Waals surface area contributed by atoms with E-state index in [1.807, 2.05) is 6.92 Å². The highest BCUT2D eigenvalue weighted by Gasteiger charge is 2.38. The van der Waals surface area contributed by atoms with Crippen LogP contribution in [0, 0.1) is 0 Å². The van der Waals surface area contributed by atoms with Crippen molar-refractivity contribution in [2.75, 3.05) is 6.61 Å². The number of benzene rings is 1. The molecule has 0 fully saturated rings. The molecule has 0 aliphatic rings. The highest BCUT2D eigenvalue weighted by Crippen LogP contribution is 2.28. The molecule has 0 aliphatic heterocycles. The van der Waals surface area contributed by atoms with E-state index in [0.717, 1.165) is 5.56 Å². The lowest BCUT2D eigenvalue weighted by molar-refractivity contribution is -0.132. The number of para-hydroxylation sites is 1. The summed E-state index contributed by atoms with van der Waals surface area (Å²) in [5, 5.41) is 0. The summed E-state index contributed by atoms with van der Waals surface area (Å²) in [5.41, 5.74) is 0.761. The van der Waals surface area contributed by atoms with E-state index in [-0.39, 0.29) is 0 Å². The molecule has 94 valence electrons. The molecule has 1 atom stereocenters. The third-order valence-electron chi connectivity index (χ3n) is 2.01. The average molecular weight is 309 g/mol. The molecular formula is C12H12BrF3O. The van der Waals surface area contributed by atoms with Crippen molar-refractivity contribution in [2.45, 2.75) is 17.9 Å². The molecule has 0 saturated carbocycles. The molecule has 0 heterocycles. The number of halogens is 4. The SMILES string of the molecule is CC=Cc1ccccc1OCC(Br)C(F)(F)F. The number of rotatable bonds is 4. The van der Waals surface area contributed by atoms with Crippen molar-refractivity contribution in [3.63, 3.8) is 0 Å². The van der Waals surface area contributed by atoms with E-state index in [1.54, 1.807) is 36.4 Å². The van der Waals surface area contributed by atoms with Crippen molar-refractivity contribution in [2.24, 2.45) is 0 Å². The predicted octanol–water partition coefficient (Wildman–Crippen LogP) is 4.42. The summed E-state index contributed by atoms with van der Waals surface area (Å²) in [6.07, 6.45) is -0.709. The van der Waals surface area contributed by atoms with E-state index in [0.29, 0.717) is 5.75 Å². The van der Waals surface area contributed by atoms with E-state index >= 15 is 0 Å². The lowest BCUT2D eigenvalue weighted by Gasteiger charge is -2.15. The maximum Gasteiger partial charge on any atom is 0.404 e. The quantitative estimate of drug-likeness (QED) is 0.748. The van der Waals surface area contributed by atoms with Crippen molar-refractivity contribution < 1.29 is 17.9 Å². The van der Waals surface area contributed by atoms with Crippen LogP contribution in [0.4, 0.5) is 13.2 Å². The van der Waals surface area contributed by atoms with Crippen molar-refractivity contribution in [1.82, 2.24) is 0 Å². The van der Waals surface area contributed by atoms with Gasteiger partial charge >= 0.3 is 6.18 Å². The first-order valence-electron chi connectivity index (χ1n) is 5.00. The summed E-state index contributed by atoms with van der Waals surface area (Å²) in [7, 11) is 0. The Bertz CT molecular complexity index is 388. The summed E-state index contributed by atoms with van der Waals surface area (Å²) < 4.78 is 41.9. The van der Waals surface area contributed by atoms with Gasteiger partial charge in [0.1, 0.15) is 17.2 Å². The van der Waals surface area contributed by atoms with E-state index in [4.69, 9.17) is 4.74 Å². The molecule has 5 heteroatoms. The van der Waals surface area contributed by atoms with Crippen molar-refractivity contribution in [3.05, 3.63) is 35.9 Å². The Hall–Kier alpha value is -0.970. The number of hydrogen-bond donors (Lipinski definition) is 0. The first-order chi connectivity index (χ1) is 7.95. The molecule has 0 amide bonds. The molecule has 0 N–H and O–H groups in total. The molecule has 1 aromatic rings. The number of ether oxygens (including phenoxy) is 1. The molecule has 0 radical (unpaired) electrons. The molecule has 0 aliphatic carbocycles. The minimum atomic E-state index is -4.30. The van der Waals surface area contributed by atoms with Crippen LogP contribution in [0.2, 0.25) is 0 Å². The Labute approximate surface area is 106 Å². The molecule has 1 aromatic carbocycles. The third-order valence-corrected chi connectivity index (χ3v) is 2.79. The normalized spacial score (nSPS) is 13.9. The number of alkyl halides is 4. The van der Waals surface area contributed by atoms with Gasteiger partial charge in [-0.3, -0.25) is 0 Å². The molecule has 0 spiro atoms. The predicted molar refractivity (Wildman–Crippen MR) is 65.4 cm³/mol. The van der Waals surface area contributed by atoms with Crippen LogP contribution in [-0.2, 0) is 0 Å². The van der Waals surface area contributed by atoms with Gasteiger partial charge in [-0.15, -0.1) is 0 Å². The lowest BCUT2D eigenvalue weighted by Crippen LogP contribution is -2.28. The maximum absolute atomic E-state index is 12.3. The Morgan fingerprint density at radius 2 is 2.00 bits per heavy atom. The Balaban J connectivity index is 2.69. The van der Waals surface area contributed by atoms with Crippen LogP contribution < -0.4 is 4.74 Å². The van der Waals surface area contributed by atoms with Gasteiger partial charge in [0.2, 0.25) is 0 Å². The van der Waals surface area contributed by atoms with Crippen LogP contribution in [0.5, 0.6) is 5.75 Å². The molecule has 1 unspecified atom stereocenters. The number of allylic oxidation sites excluding steroid dienone is 1. The molecular weight excluding hydrogens is 297 g/mol. The van der Waals surface area contributed by atoms with E-state index < -0.39 is 17.6 Å². The summed E-state index contributed by atoms with van der Waals surface area (Å²) in [4.78, 5) is -1.66. The Morgan fingerprint density at radius 1 is 1.35 bits per heavy atom. The van der Waals surface area contributed by atoms with Gasteiger partial charge < -0.3 is 4.74 Å². The van der Waals surface area contributed by atoms with Gasteiger partial charge in [0.25, 0.3) is 0 Å². The third kappa shape index (κ3) is 4.42. The minimum Gasteiger partial charge on any atom is -0.491 e. The minimum absolute atomic E-state index is 0.444. The topological polar surface area (TPSA) is 9.23 Å². The lowest BCUT2D eigenvalue weighted by atomic mass is 10.2. The largest absolute Gasteiger partial charge is 0.491 e. The summed E-state index contributed by atoms with van der Waals surface area (Å²) in [5.74, 6) is 0.444. The van der Waals surface area contributed by atoms with Crippen LogP contribution in [0.1, 0.15) is 12.5 Å². The fourth-order valence-corrected chi connectivity index (χ4v) is 1.32. The van der Waals surface area contributed by atoms with Crippen LogP contribution in [0.3, 0.4) is 0 Å². The molecule has 17 heavy (non-hydrogen) atoms. The zero-order chi connectivity index (χ0) is 12.9. The smallest absolute Gasteiger partial charge is 0.404 e. The zero-order valence-corrected chi connectivity index (χ0v) is 10.8. The second-order valence-electron chi connectivity index (χ2n) is 3.36. The van der Waals surface area contributed by atoms with Gasteiger partial charge in [0.05, 0.1) is 0 Å². The van der Waals surface area contributed by atoms with Crippen molar-refractivity contribution >= 4 is 22.0 Å². The van der Waals surface area contributed by atoms with Gasteiger partial charge in [-0.2, -0.15) is 13.2 Å². The van der Waals surface area contributed by atoms with Crippen LogP contribution in [0.15, 0.2) is 30.3 Å². The van der Waals surface area contributed by atoms with Gasteiger partial charge in [-0.05, 0) is 13.0 Å². The highest BCUT2D eigenvalue weighted by molar-refractivity contribution is 9.09. The first-order valence-corrected chi connectivity index (χ1v) is 5.92. The summed E-state index contributed by atoms with van der Waals surface area (Å²) in [6.45, 7) is 1.39. The molecule has 1 rings (SSSR count). The van der Waals surface area contributed by atoms with E-state index in [1.165, 1.54) is 0 Å². The Kier molecular flexibility index (Phi) is 5.05. The van der Waals surface area contributed by atoms with E-state index in [2.05, 4.69) is 15.9 Å². The first kappa shape index (κ1) is 14.1. The second kappa shape index (κ2) is 6.10. The van der Waals surface area contributed by atoms with Crippen LogP contribution in [-0.4, -0.2) is 17.6 Å². The average Bonchev–Trinajstić information content (AvgIpc) is 2.26. The second-order valence-corrected chi connectivity index (χ2v) is 4.46. The van der Waals surface area contributed by atoms with Crippen molar-refractivity contribution in [1.29, 1.82) is 0 Å². The van der Waals surface area contributed by atoms with Gasteiger partial charge in [-0.1, -0.05) is 46.3 Å². The standard InChI is InChI=1S/C12H12BrF3O/c1-2-5-9-6-3-4-7-10(9)17-8-11(13)12(14,15)16/h2-7,11H,8H2,1H3. The van der Waals surface area contributed by atoms with Gasteiger partial charge in [0.15, 0.2) is 0 Å². The molecule has 1 nitrogen and oxygen atoms in total. The summed E-state index contributed by atoms with van der Waals surface area (Å²) >= 11 is 2.55. The van der Waals surface area contributed by atoms with Crippen LogP contribution in [0.25, 0.3) is 6.08 Å². The van der Waals surface area contributed by atoms with Crippen LogP contribution >= 0.6 is 15.9 Å². The zero-order valence-electron chi connectivity index (χ0n) is 9.17. The fourth-order valence-electron chi connectivity index (χ4n) is 1.19. The molecule has 0 aromatic heterocycles. The van der Waals surface area contributed by atoms with Gasteiger partial charge in [-0.25, -0.2) is 0 Å². The molecule has 0 bridgehead atoms. The highest BCUT2D eigenvalue weighted by atomic mass is 79.9. The summed E-state index contributed by atoms with van der Waals surface area (Å²) in [6, 6.07) is 6.95. The fraction of sp³-hybridized carbons (Fsp3) is 0.333. The Morgan fingerprint density at radius 3 is 2.59 bits per heavy atom. The van der Waals surface area contributed by atoms with E-state index in [9.17, 15) is 13.2 Å².